The number of pyridine rings is 1. The first-order valence-corrected chi connectivity index (χ1v) is 9.07. The van der Waals surface area contributed by atoms with Gasteiger partial charge in [0.05, 0.1) is 18.6 Å². The SMILES string of the molecule is CS(=O)(=O)N1CCCC(Cc2cncc(NCCO)c2)C1. The summed E-state index contributed by atoms with van der Waals surface area (Å²) in [6.07, 6.45) is 7.60. The van der Waals surface area contributed by atoms with Crippen molar-refractivity contribution in [2.75, 3.05) is 37.8 Å². The average molecular weight is 313 g/mol. The van der Waals surface area contributed by atoms with Gasteiger partial charge < -0.3 is 10.4 Å². The molecule has 0 radical (unpaired) electrons. The Bertz CT molecular complexity index is 562. The first-order valence-electron chi connectivity index (χ1n) is 7.23. The Morgan fingerprint density at radius 2 is 2.29 bits per heavy atom. The van der Waals surface area contributed by atoms with E-state index in [0.29, 0.717) is 25.6 Å². The van der Waals surface area contributed by atoms with E-state index in [-0.39, 0.29) is 6.61 Å². The zero-order valence-corrected chi connectivity index (χ0v) is 13.1. The van der Waals surface area contributed by atoms with Crippen molar-refractivity contribution in [3.63, 3.8) is 0 Å². The molecule has 2 heterocycles. The third kappa shape index (κ3) is 4.94. The van der Waals surface area contributed by atoms with Crippen molar-refractivity contribution in [1.29, 1.82) is 0 Å². The molecule has 1 fully saturated rings. The van der Waals surface area contributed by atoms with Crippen LogP contribution in [-0.2, 0) is 16.4 Å². The molecule has 6 nitrogen and oxygen atoms in total. The number of hydrogen-bond acceptors (Lipinski definition) is 5. The van der Waals surface area contributed by atoms with Crippen LogP contribution in [0.15, 0.2) is 18.5 Å². The van der Waals surface area contributed by atoms with Crippen LogP contribution in [0.2, 0.25) is 0 Å². The van der Waals surface area contributed by atoms with Crippen molar-refractivity contribution in [1.82, 2.24) is 9.29 Å². The van der Waals surface area contributed by atoms with E-state index in [9.17, 15) is 8.42 Å². The van der Waals surface area contributed by atoms with Crippen LogP contribution in [0.3, 0.4) is 0 Å². The van der Waals surface area contributed by atoms with E-state index in [4.69, 9.17) is 5.11 Å². The van der Waals surface area contributed by atoms with E-state index in [1.165, 1.54) is 6.26 Å². The second-order valence-corrected chi connectivity index (χ2v) is 7.55. The van der Waals surface area contributed by atoms with E-state index < -0.39 is 10.0 Å². The first kappa shape index (κ1) is 16.2. The summed E-state index contributed by atoms with van der Waals surface area (Å²) in [6.45, 7) is 1.80. The van der Waals surface area contributed by atoms with E-state index in [2.05, 4.69) is 10.3 Å². The van der Waals surface area contributed by atoms with Crippen LogP contribution < -0.4 is 5.32 Å². The summed E-state index contributed by atoms with van der Waals surface area (Å²) in [5, 5.41) is 11.9. The fourth-order valence-corrected chi connectivity index (χ4v) is 3.67. The predicted octanol–water partition coefficient (Wildman–Crippen LogP) is 0.700. The number of sulfonamides is 1. The van der Waals surface area contributed by atoms with E-state index >= 15 is 0 Å². The van der Waals surface area contributed by atoms with Crippen molar-refractivity contribution in [3.8, 4) is 0 Å². The van der Waals surface area contributed by atoms with Gasteiger partial charge >= 0.3 is 0 Å². The second-order valence-electron chi connectivity index (χ2n) is 5.57. The van der Waals surface area contributed by atoms with E-state index in [1.54, 1.807) is 10.5 Å². The van der Waals surface area contributed by atoms with Crippen LogP contribution in [0.1, 0.15) is 18.4 Å². The smallest absolute Gasteiger partial charge is 0.211 e. The number of anilines is 1. The molecular formula is C14H23N3O3S. The maximum atomic E-state index is 11.6. The summed E-state index contributed by atoms with van der Waals surface area (Å²) in [7, 11) is -3.09. The quantitative estimate of drug-likeness (QED) is 0.808. The van der Waals surface area contributed by atoms with Gasteiger partial charge in [-0.2, -0.15) is 0 Å². The molecular weight excluding hydrogens is 290 g/mol. The molecule has 2 rings (SSSR count). The first-order chi connectivity index (χ1) is 9.99. The lowest BCUT2D eigenvalue weighted by Gasteiger charge is -2.31. The molecule has 2 N–H and O–H groups in total. The van der Waals surface area contributed by atoms with Gasteiger partial charge in [-0.25, -0.2) is 12.7 Å². The molecule has 21 heavy (non-hydrogen) atoms. The van der Waals surface area contributed by atoms with Gasteiger partial charge in [-0.3, -0.25) is 4.98 Å². The van der Waals surface area contributed by atoms with Crippen molar-refractivity contribution >= 4 is 15.7 Å². The molecule has 0 aromatic carbocycles. The topological polar surface area (TPSA) is 82.5 Å². The monoisotopic (exact) mass is 313 g/mol. The van der Waals surface area contributed by atoms with Crippen LogP contribution in [0.25, 0.3) is 0 Å². The molecule has 0 bridgehead atoms. The number of nitrogens with one attached hydrogen (secondary N) is 1. The summed E-state index contributed by atoms with van der Waals surface area (Å²) in [4.78, 5) is 4.19. The fourth-order valence-electron chi connectivity index (χ4n) is 2.72. The lowest BCUT2D eigenvalue weighted by atomic mass is 9.93. The van der Waals surface area contributed by atoms with Gasteiger partial charge in [0.2, 0.25) is 10.0 Å². The molecule has 1 aliphatic heterocycles. The minimum absolute atomic E-state index is 0.0795. The zero-order chi connectivity index (χ0) is 15.3. The highest BCUT2D eigenvalue weighted by atomic mass is 32.2. The summed E-state index contributed by atoms with van der Waals surface area (Å²) in [5.41, 5.74) is 1.98. The number of hydrogen-bond donors (Lipinski definition) is 2. The molecule has 0 aliphatic carbocycles. The molecule has 0 saturated carbocycles. The maximum Gasteiger partial charge on any atom is 0.211 e. The minimum Gasteiger partial charge on any atom is -0.395 e. The number of piperidine rings is 1. The number of rotatable bonds is 6. The van der Waals surface area contributed by atoms with Gasteiger partial charge in [-0.05, 0) is 36.8 Å². The number of aliphatic hydroxyl groups excluding tert-OH is 1. The molecule has 1 saturated heterocycles. The van der Waals surface area contributed by atoms with Crippen LogP contribution in [-0.4, -0.2) is 55.3 Å². The number of nitrogens with zero attached hydrogens (tertiary/aromatic N) is 2. The number of aromatic nitrogens is 1. The molecule has 7 heteroatoms. The standard InChI is InChI=1S/C14H23N3O3S/c1-21(19,20)17-5-2-3-12(11-17)7-13-8-14(10-15-9-13)16-4-6-18/h8-10,12,16,18H,2-7,11H2,1H3. The Balaban J connectivity index is 1.97. The molecule has 1 aliphatic rings. The van der Waals surface area contributed by atoms with Crippen molar-refractivity contribution in [2.45, 2.75) is 19.3 Å². The molecule has 1 aromatic rings. The molecule has 1 aromatic heterocycles. The van der Waals surface area contributed by atoms with E-state index in [0.717, 1.165) is 30.5 Å². The molecule has 0 amide bonds. The Morgan fingerprint density at radius 3 is 3.00 bits per heavy atom. The molecule has 1 unspecified atom stereocenters. The number of aliphatic hydroxyl groups is 1. The van der Waals surface area contributed by atoms with Crippen LogP contribution >= 0.6 is 0 Å². The van der Waals surface area contributed by atoms with Crippen LogP contribution in [0.5, 0.6) is 0 Å². The molecule has 0 spiro atoms. The van der Waals surface area contributed by atoms with Gasteiger partial charge in [-0.15, -0.1) is 0 Å². The van der Waals surface area contributed by atoms with Crippen molar-refractivity contribution < 1.29 is 13.5 Å². The average Bonchev–Trinajstić information content (AvgIpc) is 2.45. The lowest BCUT2D eigenvalue weighted by molar-refractivity contribution is 0.266. The van der Waals surface area contributed by atoms with Crippen LogP contribution in [0, 0.1) is 5.92 Å². The van der Waals surface area contributed by atoms with Crippen molar-refractivity contribution in [3.05, 3.63) is 24.0 Å². The normalized spacial score (nSPS) is 20.4. The maximum absolute atomic E-state index is 11.6. The highest BCUT2D eigenvalue weighted by molar-refractivity contribution is 7.88. The third-order valence-corrected chi connectivity index (χ3v) is 4.98. The van der Waals surface area contributed by atoms with Gasteiger partial charge in [0.15, 0.2) is 0 Å². The largest absolute Gasteiger partial charge is 0.395 e. The lowest BCUT2D eigenvalue weighted by Crippen LogP contribution is -2.39. The predicted molar refractivity (Wildman–Crippen MR) is 82.7 cm³/mol. The summed E-state index contributed by atoms with van der Waals surface area (Å²) >= 11 is 0. The third-order valence-electron chi connectivity index (χ3n) is 3.71. The van der Waals surface area contributed by atoms with Gasteiger partial charge in [0.25, 0.3) is 0 Å². The highest BCUT2D eigenvalue weighted by Crippen LogP contribution is 2.23. The Kier molecular flexibility index (Phi) is 5.55. The highest BCUT2D eigenvalue weighted by Gasteiger charge is 2.25. The Hall–Kier alpha value is -1.18. The second kappa shape index (κ2) is 7.20. The van der Waals surface area contributed by atoms with E-state index in [1.807, 2.05) is 12.3 Å². The minimum atomic E-state index is -3.09. The van der Waals surface area contributed by atoms with Crippen molar-refractivity contribution in [2.24, 2.45) is 5.92 Å². The summed E-state index contributed by atoms with van der Waals surface area (Å²) in [5.74, 6) is 0.336. The summed E-state index contributed by atoms with van der Waals surface area (Å²) in [6, 6.07) is 2.02. The summed E-state index contributed by atoms with van der Waals surface area (Å²) < 4.78 is 24.8. The Labute approximate surface area is 126 Å². The van der Waals surface area contributed by atoms with Gasteiger partial charge in [0.1, 0.15) is 0 Å². The molecule has 1 atom stereocenters. The Morgan fingerprint density at radius 1 is 1.48 bits per heavy atom. The fraction of sp³-hybridized carbons (Fsp3) is 0.643. The van der Waals surface area contributed by atoms with Gasteiger partial charge in [-0.1, -0.05) is 0 Å². The van der Waals surface area contributed by atoms with Crippen LogP contribution in [0.4, 0.5) is 5.69 Å². The van der Waals surface area contributed by atoms with Gasteiger partial charge in [0, 0.05) is 32.0 Å². The molecule has 118 valence electrons. The zero-order valence-electron chi connectivity index (χ0n) is 12.3.